The summed E-state index contributed by atoms with van der Waals surface area (Å²) in [4.78, 5) is 14.2. The van der Waals surface area contributed by atoms with Crippen LogP contribution in [0.15, 0.2) is 29.2 Å². The molecular formula is C13H12ClNO2S2. The Hall–Kier alpha value is -0.880. The van der Waals surface area contributed by atoms with Gasteiger partial charge in [-0.25, -0.2) is 0 Å². The molecule has 100 valence electrons. The molecule has 1 amide bonds. The summed E-state index contributed by atoms with van der Waals surface area (Å²) in [5.74, 6) is -0.122. The molecule has 1 aliphatic rings. The van der Waals surface area contributed by atoms with E-state index >= 15 is 0 Å². The zero-order valence-corrected chi connectivity index (χ0v) is 12.4. The van der Waals surface area contributed by atoms with Crippen molar-refractivity contribution in [1.82, 2.24) is 4.90 Å². The van der Waals surface area contributed by atoms with E-state index in [1.165, 1.54) is 16.7 Å². The molecule has 0 atom stereocenters. The maximum absolute atomic E-state index is 12.2. The second-order valence-corrected chi connectivity index (χ2v) is 6.01. The molecule has 1 heterocycles. The molecule has 0 aromatic heterocycles. The first-order valence-electron chi connectivity index (χ1n) is 5.74. The van der Waals surface area contributed by atoms with Gasteiger partial charge in [0, 0.05) is 18.2 Å². The second-order valence-electron chi connectivity index (χ2n) is 3.93. The van der Waals surface area contributed by atoms with Crippen LogP contribution in [0.1, 0.15) is 12.0 Å². The predicted molar refractivity (Wildman–Crippen MR) is 83.0 cm³/mol. The van der Waals surface area contributed by atoms with Gasteiger partial charge in [-0.3, -0.25) is 9.69 Å². The number of nitrogens with zero attached hydrogens (tertiary/aromatic N) is 1. The Morgan fingerprint density at radius 1 is 1.42 bits per heavy atom. The van der Waals surface area contributed by atoms with Gasteiger partial charge in [-0.05, 0) is 24.1 Å². The van der Waals surface area contributed by atoms with Crippen LogP contribution in [-0.4, -0.2) is 33.4 Å². The van der Waals surface area contributed by atoms with Crippen molar-refractivity contribution in [2.45, 2.75) is 6.42 Å². The minimum Gasteiger partial charge on any atom is -0.396 e. The standard InChI is InChI=1S/C13H12ClNO2S2/c14-10-5-2-1-4-9(10)8-11-12(17)15(6-3-7-16)13(18)19-11/h1-2,4-5,8,16H,3,6-7H2/b11-8-. The summed E-state index contributed by atoms with van der Waals surface area (Å²) in [5.41, 5.74) is 0.798. The molecule has 1 N–H and O–H groups in total. The van der Waals surface area contributed by atoms with E-state index in [1.54, 1.807) is 12.1 Å². The fourth-order valence-corrected chi connectivity index (χ4v) is 3.14. The Morgan fingerprint density at radius 3 is 2.84 bits per heavy atom. The highest BCUT2D eigenvalue weighted by molar-refractivity contribution is 8.26. The van der Waals surface area contributed by atoms with Gasteiger partial charge in [0.1, 0.15) is 4.32 Å². The van der Waals surface area contributed by atoms with Gasteiger partial charge in [-0.1, -0.05) is 53.8 Å². The Labute approximate surface area is 126 Å². The lowest BCUT2D eigenvalue weighted by Gasteiger charge is -2.12. The molecule has 1 fully saturated rings. The molecule has 0 radical (unpaired) electrons. The van der Waals surface area contributed by atoms with E-state index in [4.69, 9.17) is 28.9 Å². The maximum Gasteiger partial charge on any atom is 0.266 e. The summed E-state index contributed by atoms with van der Waals surface area (Å²) in [6.07, 6.45) is 2.27. The van der Waals surface area contributed by atoms with Crippen molar-refractivity contribution < 1.29 is 9.90 Å². The average molecular weight is 314 g/mol. The molecular weight excluding hydrogens is 302 g/mol. The van der Waals surface area contributed by atoms with Crippen LogP contribution >= 0.6 is 35.6 Å². The first kappa shape index (κ1) is 14.5. The summed E-state index contributed by atoms with van der Waals surface area (Å²) in [6.45, 7) is 0.488. The molecule has 6 heteroatoms. The van der Waals surface area contributed by atoms with Crippen LogP contribution < -0.4 is 0 Å². The summed E-state index contributed by atoms with van der Waals surface area (Å²) in [7, 11) is 0. The predicted octanol–water partition coefficient (Wildman–Crippen LogP) is 2.92. The molecule has 2 rings (SSSR count). The van der Waals surface area contributed by atoms with Gasteiger partial charge in [0.2, 0.25) is 0 Å². The monoisotopic (exact) mass is 313 g/mol. The second kappa shape index (κ2) is 6.52. The van der Waals surface area contributed by atoms with Crippen molar-refractivity contribution in [3.63, 3.8) is 0 Å². The fraction of sp³-hybridized carbons (Fsp3) is 0.231. The third kappa shape index (κ3) is 3.36. The number of hydrogen-bond donors (Lipinski definition) is 1. The summed E-state index contributed by atoms with van der Waals surface area (Å²) in [6, 6.07) is 7.33. The number of thiocarbonyl (C=S) groups is 1. The van der Waals surface area contributed by atoms with Gasteiger partial charge in [0.25, 0.3) is 5.91 Å². The number of thioether (sulfide) groups is 1. The molecule has 0 saturated carbocycles. The fourth-order valence-electron chi connectivity index (χ4n) is 1.65. The van der Waals surface area contributed by atoms with E-state index in [2.05, 4.69) is 0 Å². The van der Waals surface area contributed by atoms with Crippen LogP contribution in [0.4, 0.5) is 0 Å². The number of rotatable bonds is 4. The number of carbonyl (C=O) groups is 1. The number of halogens is 1. The molecule has 1 aromatic carbocycles. The maximum atomic E-state index is 12.2. The number of hydrogen-bond acceptors (Lipinski definition) is 4. The Bertz CT molecular complexity index is 545. The van der Waals surface area contributed by atoms with Crippen molar-refractivity contribution in [1.29, 1.82) is 0 Å². The molecule has 0 spiro atoms. The summed E-state index contributed by atoms with van der Waals surface area (Å²) in [5, 5.41) is 9.42. The van der Waals surface area contributed by atoms with Crippen LogP contribution in [0.5, 0.6) is 0 Å². The number of aliphatic hydroxyl groups is 1. The Morgan fingerprint density at radius 2 is 2.16 bits per heavy atom. The van der Waals surface area contributed by atoms with E-state index in [0.29, 0.717) is 27.2 Å². The molecule has 0 bridgehead atoms. The lowest BCUT2D eigenvalue weighted by molar-refractivity contribution is -0.122. The molecule has 1 aliphatic heterocycles. The highest BCUT2D eigenvalue weighted by Crippen LogP contribution is 2.33. The molecule has 1 aromatic rings. The van der Waals surface area contributed by atoms with Crippen molar-refractivity contribution in [3.05, 3.63) is 39.8 Å². The summed E-state index contributed by atoms with van der Waals surface area (Å²) >= 11 is 12.5. The SMILES string of the molecule is O=C1/C(=C/c2ccccc2Cl)SC(=S)N1CCCO. The van der Waals surface area contributed by atoms with E-state index in [1.807, 2.05) is 18.2 Å². The minimum atomic E-state index is -0.122. The van der Waals surface area contributed by atoms with Gasteiger partial charge in [0.05, 0.1) is 4.91 Å². The van der Waals surface area contributed by atoms with Crippen LogP contribution in [-0.2, 0) is 4.79 Å². The highest BCUT2D eigenvalue weighted by atomic mass is 35.5. The van der Waals surface area contributed by atoms with Crippen LogP contribution in [0, 0.1) is 0 Å². The van der Waals surface area contributed by atoms with Crippen molar-refractivity contribution >= 4 is 51.9 Å². The topological polar surface area (TPSA) is 40.5 Å². The first-order valence-corrected chi connectivity index (χ1v) is 7.34. The largest absolute Gasteiger partial charge is 0.396 e. The van der Waals surface area contributed by atoms with Gasteiger partial charge >= 0.3 is 0 Å². The van der Waals surface area contributed by atoms with E-state index in [-0.39, 0.29) is 12.5 Å². The van der Waals surface area contributed by atoms with E-state index in [9.17, 15) is 4.79 Å². The van der Waals surface area contributed by atoms with Crippen molar-refractivity contribution in [2.24, 2.45) is 0 Å². The van der Waals surface area contributed by atoms with Gasteiger partial charge in [-0.15, -0.1) is 0 Å². The molecule has 3 nitrogen and oxygen atoms in total. The van der Waals surface area contributed by atoms with Crippen LogP contribution in [0.3, 0.4) is 0 Å². The first-order chi connectivity index (χ1) is 9.13. The quantitative estimate of drug-likeness (QED) is 0.685. The van der Waals surface area contributed by atoms with Crippen LogP contribution in [0.25, 0.3) is 6.08 Å². The smallest absolute Gasteiger partial charge is 0.266 e. The molecule has 0 unspecified atom stereocenters. The zero-order chi connectivity index (χ0) is 13.8. The Balaban J connectivity index is 2.21. The average Bonchev–Trinajstić information content (AvgIpc) is 2.65. The van der Waals surface area contributed by atoms with Crippen LogP contribution in [0.2, 0.25) is 5.02 Å². The number of aliphatic hydroxyl groups excluding tert-OH is 1. The lowest BCUT2D eigenvalue weighted by Crippen LogP contribution is -2.29. The third-order valence-corrected chi connectivity index (χ3v) is 4.33. The van der Waals surface area contributed by atoms with E-state index < -0.39 is 0 Å². The number of benzene rings is 1. The molecule has 1 saturated heterocycles. The summed E-state index contributed by atoms with van der Waals surface area (Å²) < 4.78 is 0.525. The highest BCUT2D eigenvalue weighted by Gasteiger charge is 2.31. The van der Waals surface area contributed by atoms with E-state index in [0.717, 1.165) is 5.56 Å². The molecule has 19 heavy (non-hydrogen) atoms. The Kier molecular flexibility index (Phi) is 4.99. The van der Waals surface area contributed by atoms with Crippen molar-refractivity contribution in [2.75, 3.05) is 13.2 Å². The number of amides is 1. The van der Waals surface area contributed by atoms with Gasteiger partial charge < -0.3 is 5.11 Å². The zero-order valence-electron chi connectivity index (χ0n) is 10.0. The van der Waals surface area contributed by atoms with Gasteiger partial charge in [0.15, 0.2) is 0 Å². The third-order valence-electron chi connectivity index (χ3n) is 2.61. The lowest BCUT2D eigenvalue weighted by atomic mass is 10.2. The molecule has 0 aliphatic carbocycles. The minimum absolute atomic E-state index is 0.0423. The van der Waals surface area contributed by atoms with Gasteiger partial charge in [-0.2, -0.15) is 0 Å². The van der Waals surface area contributed by atoms with Crippen molar-refractivity contribution in [3.8, 4) is 0 Å². The number of carbonyl (C=O) groups excluding carboxylic acids is 1. The normalized spacial score (nSPS) is 17.6.